The smallest absolute Gasteiger partial charge is 0.0225 e. The number of rotatable bonds is 2. The van der Waals surface area contributed by atoms with Gasteiger partial charge in [-0.25, -0.2) is 0 Å². The van der Waals surface area contributed by atoms with Crippen molar-refractivity contribution in [3.63, 3.8) is 0 Å². The zero-order chi connectivity index (χ0) is 9.84. The Kier molecular flexibility index (Phi) is 3.26. The van der Waals surface area contributed by atoms with Gasteiger partial charge in [0, 0.05) is 6.04 Å². The minimum Gasteiger partial charge on any atom is -0.324 e. The van der Waals surface area contributed by atoms with Gasteiger partial charge in [0.15, 0.2) is 0 Å². The Morgan fingerprint density at radius 3 is 2.54 bits per heavy atom. The molecule has 1 rings (SSSR count). The number of benzene rings is 1. The van der Waals surface area contributed by atoms with Crippen molar-refractivity contribution in [2.45, 2.75) is 26.8 Å². The summed E-state index contributed by atoms with van der Waals surface area (Å²) in [5, 5.41) is 0. The molecule has 0 saturated carbocycles. The van der Waals surface area contributed by atoms with Crippen LogP contribution in [0.3, 0.4) is 0 Å². The molecule has 1 atom stereocenters. The molecule has 1 aromatic rings. The van der Waals surface area contributed by atoms with E-state index in [2.05, 4.69) is 32.1 Å². The van der Waals surface area contributed by atoms with Crippen molar-refractivity contribution in [3.8, 4) is 0 Å². The van der Waals surface area contributed by atoms with Crippen LogP contribution < -0.4 is 5.73 Å². The van der Waals surface area contributed by atoms with Gasteiger partial charge in [-0.05, 0) is 31.9 Å². The topological polar surface area (TPSA) is 26.0 Å². The predicted octanol–water partition coefficient (Wildman–Crippen LogP) is 2.75. The maximum absolute atomic E-state index is 5.77. The minimum absolute atomic E-state index is 0.139. The molecule has 0 saturated heterocycles. The molecule has 0 aromatic heterocycles. The molecule has 13 heavy (non-hydrogen) atoms. The van der Waals surface area contributed by atoms with E-state index in [-0.39, 0.29) is 6.04 Å². The van der Waals surface area contributed by atoms with Crippen molar-refractivity contribution < 1.29 is 0 Å². The second-order valence-corrected chi connectivity index (χ2v) is 3.53. The number of aryl methyl sites for hydroxylation is 1. The Morgan fingerprint density at radius 2 is 2.00 bits per heavy atom. The fourth-order valence-corrected chi connectivity index (χ4v) is 1.13. The van der Waals surface area contributed by atoms with Gasteiger partial charge in [-0.3, -0.25) is 0 Å². The summed E-state index contributed by atoms with van der Waals surface area (Å²) in [6.07, 6.45) is 2.15. The van der Waals surface area contributed by atoms with Crippen LogP contribution in [-0.4, -0.2) is 6.04 Å². The van der Waals surface area contributed by atoms with Gasteiger partial charge in [-0.2, -0.15) is 0 Å². The highest BCUT2D eigenvalue weighted by molar-refractivity contribution is 5.56. The molecule has 0 aliphatic heterocycles. The summed E-state index contributed by atoms with van der Waals surface area (Å²) < 4.78 is 0. The SMILES string of the molecule is C/C(=C\c1ccccc1C)C(C)N. The van der Waals surface area contributed by atoms with Crippen molar-refractivity contribution >= 4 is 6.08 Å². The molecular weight excluding hydrogens is 158 g/mol. The van der Waals surface area contributed by atoms with E-state index in [1.165, 1.54) is 16.7 Å². The van der Waals surface area contributed by atoms with Gasteiger partial charge >= 0.3 is 0 Å². The minimum atomic E-state index is 0.139. The molecule has 1 heteroatoms. The Bertz CT molecular complexity index is 311. The lowest BCUT2D eigenvalue weighted by molar-refractivity contribution is 0.868. The van der Waals surface area contributed by atoms with E-state index in [0.29, 0.717) is 0 Å². The van der Waals surface area contributed by atoms with E-state index in [4.69, 9.17) is 5.73 Å². The number of hydrogen-bond acceptors (Lipinski definition) is 1. The van der Waals surface area contributed by atoms with Crippen LogP contribution in [-0.2, 0) is 0 Å². The van der Waals surface area contributed by atoms with Crippen LogP contribution in [0.5, 0.6) is 0 Å². The molecule has 2 N–H and O–H groups in total. The van der Waals surface area contributed by atoms with Gasteiger partial charge < -0.3 is 5.73 Å². The third-order valence-electron chi connectivity index (χ3n) is 2.29. The second-order valence-electron chi connectivity index (χ2n) is 3.53. The first-order valence-corrected chi connectivity index (χ1v) is 4.60. The zero-order valence-electron chi connectivity index (χ0n) is 8.54. The van der Waals surface area contributed by atoms with Crippen LogP contribution in [0.2, 0.25) is 0 Å². The summed E-state index contributed by atoms with van der Waals surface area (Å²) in [7, 11) is 0. The van der Waals surface area contributed by atoms with Crippen molar-refractivity contribution in [1.29, 1.82) is 0 Å². The average molecular weight is 175 g/mol. The van der Waals surface area contributed by atoms with Crippen molar-refractivity contribution in [2.75, 3.05) is 0 Å². The molecule has 0 heterocycles. The highest BCUT2D eigenvalue weighted by Gasteiger charge is 1.98. The second kappa shape index (κ2) is 4.24. The number of nitrogens with two attached hydrogens (primary N) is 1. The van der Waals surface area contributed by atoms with E-state index in [9.17, 15) is 0 Å². The summed E-state index contributed by atoms with van der Waals surface area (Å²) in [6, 6.07) is 8.46. The molecule has 70 valence electrons. The maximum Gasteiger partial charge on any atom is 0.0225 e. The monoisotopic (exact) mass is 175 g/mol. The Hall–Kier alpha value is -1.08. The third kappa shape index (κ3) is 2.71. The summed E-state index contributed by atoms with van der Waals surface area (Å²) >= 11 is 0. The summed E-state index contributed by atoms with van der Waals surface area (Å²) in [5.74, 6) is 0. The van der Waals surface area contributed by atoms with E-state index in [0.717, 1.165) is 0 Å². The van der Waals surface area contributed by atoms with Gasteiger partial charge in [0.2, 0.25) is 0 Å². The van der Waals surface area contributed by atoms with E-state index < -0.39 is 0 Å². The molecule has 1 nitrogen and oxygen atoms in total. The van der Waals surface area contributed by atoms with Crippen LogP contribution in [0, 0.1) is 6.92 Å². The molecule has 0 radical (unpaired) electrons. The molecule has 1 unspecified atom stereocenters. The molecule has 0 bridgehead atoms. The summed E-state index contributed by atoms with van der Waals surface area (Å²) in [6.45, 7) is 6.18. The predicted molar refractivity (Wildman–Crippen MR) is 58.5 cm³/mol. The first-order chi connectivity index (χ1) is 6.11. The van der Waals surface area contributed by atoms with E-state index in [1.54, 1.807) is 0 Å². The van der Waals surface area contributed by atoms with Crippen molar-refractivity contribution in [1.82, 2.24) is 0 Å². The third-order valence-corrected chi connectivity index (χ3v) is 2.29. The molecule has 0 aliphatic carbocycles. The quantitative estimate of drug-likeness (QED) is 0.735. The van der Waals surface area contributed by atoms with Gasteiger partial charge in [-0.1, -0.05) is 35.9 Å². The lowest BCUT2D eigenvalue weighted by atomic mass is 10.0. The molecule has 0 aliphatic rings. The van der Waals surface area contributed by atoms with E-state index in [1.807, 2.05) is 19.1 Å². The Labute approximate surface area is 80.3 Å². The fraction of sp³-hybridized carbons (Fsp3) is 0.333. The van der Waals surface area contributed by atoms with Crippen LogP contribution in [0.1, 0.15) is 25.0 Å². The first kappa shape index (κ1) is 10.0. The Morgan fingerprint density at radius 1 is 1.38 bits per heavy atom. The van der Waals surface area contributed by atoms with Gasteiger partial charge in [0.25, 0.3) is 0 Å². The maximum atomic E-state index is 5.77. The summed E-state index contributed by atoms with van der Waals surface area (Å²) in [5.41, 5.74) is 9.54. The van der Waals surface area contributed by atoms with Crippen molar-refractivity contribution in [2.24, 2.45) is 5.73 Å². The van der Waals surface area contributed by atoms with Crippen LogP contribution in [0.15, 0.2) is 29.8 Å². The first-order valence-electron chi connectivity index (χ1n) is 4.60. The highest BCUT2D eigenvalue weighted by atomic mass is 14.6. The standard InChI is InChI=1S/C12H17N/c1-9-6-4-5-7-12(9)8-10(2)11(3)13/h4-8,11H,13H2,1-3H3/b10-8+. The van der Waals surface area contributed by atoms with Crippen LogP contribution in [0.25, 0.3) is 6.08 Å². The lowest BCUT2D eigenvalue weighted by Crippen LogP contribution is -2.15. The fourth-order valence-electron chi connectivity index (χ4n) is 1.13. The normalized spacial score (nSPS) is 14.3. The van der Waals surface area contributed by atoms with Gasteiger partial charge in [-0.15, -0.1) is 0 Å². The van der Waals surface area contributed by atoms with Crippen LogP contribution >= 0.6 is 0 Å². The highest BCUT2D eigenvalue weighted by Crippen LogP contribution is 2.12. The van der Waals surface area contributed by atoms with Gasteiger partial charge in [0.05, 0.1) is 0 Å². The van der Waals surface area contributed by atoms with Crippen molar-refractivity contribution in [3.05, 3.63) is 41.0 Å². The average Bonchev–Trinajstić information content (AvgIpc) is 2.08. The van der Waals surface area contributed by atoms with E-state index >= 15 is 0 Å². The van der Waals surface area contributed by atoms with Gasteiger partial charge in [0.1, 0.15) is 0 Å². The van der Waals surface area contributed by atoms with Crippen LogP contribution in [0.4, 0.5) is 0 Å². The molecule has 0 spiro atoms. The largest absolute Gasteiger partial charge is 0.324 e. The molecule has 1 aromatic carbocycles. The Balaban J connectivity index is 2.97. The lowest BCUT2D eigenvalue weighted by Gasteiger charge is -2.06. The molecule has 0 amide bonds. The summed E-state index contributed by atoms with van der Waals surface area (Å²) in [4.78, 5) is 0. The zero-order valence-corrected chi connectivity index (χ0v) is 8.54. The number of hydrogen-bond donors (Lipinski definition) is 1. The molecule has 0 fully saturated rings. The molecular formula is C12H17N.